The van der Waals surface area contributed by atoms with Crippen molar-refractivity contribution in [3.63, 3.8) is 0 Å². The van der Waals surface area contributed by atoms with E-state index in [1.54, 1.807) is 0 Å². The molecule has 0 saturated heterocycles. The van der Waals surface area contributed by atoms with Crippen LogP contribution in [-0.2, 0) is 0 Å². The van der Waals surface area contributed by atoms with E-state index < -0.39 is 14.1 Å². The highest BCUT2D eigenvalue weighted by Gasteiger charge is 2.37. The van der Waals surface area contributed by atoms with Gasteiger partial charge in [0.2, 0.25) is 0 Å². The van der Waals surface area contributed by atoms with Gasteiger partial charge in [0.05, 0.1) is 11.4 Å². The Balaban J connectivity index is 1.90. The molecule has 0 unspecified atom stereocenters. The van der Waals surface area contributed by atoms with Gasteiger partial charge >= 0.3 is 0 Å². The van der Waals surface area contributed by atoms with Gasteiger partial charge in [-0.1, -0.05) is 213 Å². The van der Waals surface area contributed by atoms with Gasteiger partial charge in [-0.2, -0.15) is 0 Å². The second-order valence-electron chi connectivity index (χ2n) is 15.4. The van der Waals surface area contributed by atoms with Crippen molar-refractivity contribution in [1.82, 2.24) is 0 Å². The summed E-state index contributed by atoms with van der Waals surface area (Å²) in [7, 11) is -5.29. The summed E-state index contributed by atoms with van der Waals surface area (Å²) in [5.74, 6) is 2.07. The number of hydrogen-bond donors (Lipinski definition) is 0. The maximum atomic E-state index is 6.34. The molecular formula is C49H56N2P2. The molecule has 0 aromatic heterocycles. The minimum absolute atomic E-state index is 0.319. The molecule has 6 aromatic carbocycles. The predicted octanol–water partition coefficient (Wildman–Crippen LogP) is 13.8. The standard InChI is InChI=1S/C49H56N2P2/c1-36(2)44-31-21-32-45(37(3)4)48(44)50-52(40-23-13-9-14-24-40,41-25-15-10-16-26-41)35-53(42-27-17-11-18-28-42,43-29-19-12-20-30-43)51-49-46(38(5)6)33-22-34-47(49)39(7)8/h9-34,36-39H,35H2,1-8H3. The fourth-order valence-corrected chi connectivity index (χ4v) is 17.9. The third kappa shape index (κ3) is 8.01. The third-order valence-corrected chi connectivity index (χ3v) is 19.3. The molecule has 53 heavy (non-hydrogen) atoms. The summed E-state index contributed by atoms with van der Waals surface area (Å²) in [6, 6.07) is 58.5. The monoisotopic (exact) mass is 734 g/mol. The summed E-state index contributed by atoms with van der Waals surface area (Å²) in [5, 5.41) is 5.14. The van der Waals surface area contributed by atoms with Crippen LogP contribution in [0.25, 0.3) is 0 Å². The van der Waals surface area contributed by atoms with Crippen LogP contribution in [0, 0.1) is 0 Å². The molecule has 4 heteroatoms. The van der Waals surface area contributed by atoms with Crippen LogP contribution in [0.5, 0.6) is 0 Å². The van der Waals surface area contributed by atoms with Crippen molar-refractivity contribution in [3.05, 3.63) is 180 Å². The van der Waals surface area contributed by atoms with E-state index in [9.17, 15) is 0 Å². The van der Waals surface area contributed by atoms with Gasteiger partial charge in [-0.3, -0.25) is 9.49 Å². The number of nitrogens with zero attached hydrogens (tertiary/aromatic N) is 2. The Morgan fingerprint density at radius 2 is 0.547 bits per heavy atom. The number of benzene rings is 6. The maximum Gasteiger partial charge on any atom is 0.0690 e. The van der Waals surface area contributed by atoms with Crippen LogP contribution in [0.15, 0.2) is 167 Å². The highest BCUT2D eigenvalue weighted by Crippen LogP contribution is 2.66. The quantitative estimate of drug-likeness (QED) is 0.112. The van der Waals surface area contributed by atoms with Gasteiger partial charge in [-0.15, -0.1) is 0 Å². The maximum absolute atomic E-state index is 6.34. The Hall–Kier alpha value is -4.22. The third-order valence-electron chi connectivity index (χ3n) is 10.4. The highest BCUT2D eigenvalue weighted by molar-refractivity contribution is 7.96. The second-order valence-corrected chi connectivity index (χ2v) is 22.1. The SMILES string of the molecule is CC(C)c1cccc(C(C)C)c1N=P(CP(=Nc1c(C(C)C)cccc1C(C)C)(c1ccccc1)c1ccccc1)(c1ccccc1)c1ccccc1. The zero-order valence-electron chi connectivity index (χ0n) is 32.8. The first-order valence-electron chi connectivity index (χ1n) is 19.3. The van der Waals surface area contributed by atoms with E-state index in [0.29, 0.717) is 23.7 Å². The minimum Gasteiger partial charge on any atom is -0.257 e. The van der Waals surface area contributed by atoms with Gasteiger partial charge < -0.3 is 0 Å². The van der Waals surface area contributed by atoms with E-state index in [1.165, 1.54) is 43.5 Å². The first kappa shape index (κ1) is 38.5. The fraction of sp³-hybridized carbons (Fsp3) is 0.265. The van der Waals surface area contributed by atoms with Crippen molar-refractivity contribution < 1.29 is 0 Å². The van der Waals surface area contributed by atoms with E-state index in [0.717, 1.165) is 17.3 Å². The molecule has 0 bridgehead atoms. The zero-order valence-corrected chi connectivity index (χ0v) is 34.6. The number of hydrogen-bond acceptors (Lipinski definition) is 2. The number of rotatable bonds is 12. The van der Waals surface area contributed by atoms with Gasteiger partial charge in [0.25, 0.3) is 0 Å². The van der Waals surface area contributed by atoms with Crippen molar-refractivity contribution in [2.24, 2.45) is 9.49 Å². The lowest BCUT2D eigenvalue weighted by Crippen LogP contribution is -2.26. The summed E-state index contributed by atoms with van der Waals surface area (Å²) in [5.41, 5.74) is 7.53. The molecular weight excluding hydrogens is 679 g/mol. The van der Waals surface area contributed by atoms with E-state index in [1.807, 2.05) is 0 Å². The molecule has 0 aliphatic heterocycles. The predicted molar refractivity (Wildman–Crippen MR) is 236 cm³/mol. The summed E-state index contributed by atoms with van der Waals surface area (Å²) in [6.45, 7) is 18.4. The van der Waals surface area contributed by atoms with Crippen LogP contribution < -0.4 is 21.2 Å². The second kappa shape index (κ2) is 16.8. The Morgan fingerprint density at radius 3 is 0.755 bits per heavy atom. The smallest absolute Gasteiger partial charge is 0.0690 e. The molecule has 0 aliphatic rings. The van der Waals surface area contributed by atoms with Gasteiger partial charge in [-0.05, 0) is 67.1 Å². The van der Waals surface area contributed by atoms with Crippen molar-refractivity contribution in [2.45, 2.75) is 79.1 Å². The Kier molecular flexibility index (Phi) is 12.2. The summed E-state index contributed by atoms with van der Waals surface area (Å²) >= 11 is 0. The van der Waals surface area contributed by atoms with Crippen molar-refractivity contribution in [2.75, 3.05) is 5.90 Å². The van der Waals surface area contributed by atoms with Crippen LogP contribution in [0.1, 0.15) is 101 Å². The zero-order chi connectivity index (χ0) is 37.6. The molecule has 272 valence electrons. The van der Waals surface area contributed by atoms with Crippen molar-refractivity contribution >= 4 is 46.7 Å². The van der Waals surface area contributed by atoms with Gasteiger partial charge in [-0.25, -0.2) is 0 Å². The van der Waals surface area contributed by atoms with Gasteiger partial charge in [0, 0.05) is 20.0 Å². The lowest BCUT2D eigenvalue weighted by molar-refractivity contribution is 0.835. The van der Waals surface area contributed by atoms with Crippen LogP contribution in [0.3, 0.4) is 0 Å². The van der Waals surface area contributed by atoms with Gasteiger partial charge in [0.15, 0.2) is 0 Å². The molecule has 0 fully saturated rings. The largest absolute Gasteiger partial charge is 0.257 e. The fourth-order valence-electron chi connectivity index (χ4n) is 7.51. The summed E-state index contributed by atoms with van der Waals surface area (Å²) in [4.78, 5) is 0. The van der Waals surface area contributed by atoms with Crippen LogP contribution >= 0.6 is 14.1 Å². The van der Waals surface area contributed by atoms with E-state index in [2.05, 4.69) is 213 Å². The molecule has 0 N–H and O–H groups in total. The highest BCUT2D eigenvalue weighted by atomic mass is 31.2. The van der Waals surface area contributed by atoms with Crippen LogP contribution in [0.2, 0.25) is 0 Å². The van der Waals surface area contributed by atoms with Gasteiger partial charge in [0.1, 0.15) is 0 Å². The van der Waals surface area contributed by atoms with Crippen molar-refractivity contribution in [3.8, 4) is 0 Å². The average Bonchev–Trinajstić information content (AvgIpc) is 3.18. The summed E-state index contributed by atoms with van der Waals surface area (Å²) < 4.78 is 12.7. The minimum atomic E-state index is -2.64. The molecule has 0 radical (unpaired) electrons. The average molecular weight is 735 g/mol. The molecule has 2 nitrogen and oxygen atoms in total. The molecule has 0 heterocycles. The van der Waals surface area contributed by atoms with E-state index in [-0.39, 0.29) is 0 Å². The normalized spacial score (nSPS) is 12.2. The molecule has 0 aliphatic carbocycles. The van der Waals surface area contributed by atoms with E-state index in [4.69, 9.17) is 9.49 Å². The molecule has 6 aromatic rings. The molecule has 0 spiro atoms. The Bertz CT molecular complexity index is 1920. The molecule has 0 saturated carbocycles. The first-order chi connectivity index (χ1) is 25.6. The first-order valence-corrected chi connectivity index (χ1v) is 23.1. The van der Waals surface area contributed by atoms with Crippen molar-refractivity contribution in [1.29, 1.82) is 0 Å². The van der Waals surface area contributed by atoms with Crippen LogP contribution in [-0.4, -0.2) is 5.90 Å². The lowest BCUT2D eigenvalue weighted by Gasteiger charge is -2.36. The summed E-state index contributed by atoms with van der Waals surface area (Å²) in [6.07, 6.45) is 0. The Morgan fingerprint density at radius 1 is 0.321 bits per heavy atom. The van der Waals surface area contributed by atoms with E-state index >= 15 is 0 Å². The topological polar surface area (TPSA) is 24.7 Å². The lowest BCUT2D eigenvalue weighted by atomic mass is 9.93. The van der Waals surface area contributed by atoms with Crippen LogP contribution in [0.4, 0.5) is 11.4 Å². The molecule has 0 atom stereocenters. The molecule has 6 rings (SSSR count). The molecule has 0 amide bonds. The Labute approximate surface area is 319 Å².